The molecule has 0 saturated carbocycles. The normalized spacial score (nSPS) is 13.6. The van der Waals surface area contributed by atoms with Gasteiger partial charge in [0, 0.05) is 34.5 Å². The number of aliphatic imine (C=N–C) groups is 4. The smallest absolute Gasteiger partial charge is 0.335 e. The summed E-state index contributed by atoms with van der Waals surface area (Å²) in [6.07, 6.45) is -8.23. The van der Waals surface area contributed by atoms with Gasteiger partial charge in [-0.1, -0.05) is 36.0 Å². The van der Waals surface area contributed by atoms with Gasteiger partial charge in [-0.05, 0) is 61.4 Å². The molecule has 0 spiro atoms. The largest absolute Gasteiger partial charge is 0.479 e. The van der Waals surface area contributed by atoms with Gasteiger partial charge in [0.05, 0.1) is 13.2 Å². The minimum atomic E-state index is -2.34. The first-order valence-electron chi connectivity index (χ1n) is 16.9. The van der Waals surface area contributed by atoms with Gasteiger partial charge >= 0.3 is 11.9 Å². The number of nitrogens with one attached hydrogen (secondary N) is 2. The van der Waals surface area contributed by atoms with Crippen LogP contribution in [-0.2, 0) is 9.59 Å². The molecule has 2 rings (SSSR count). The number of rotatable bonds is 19. The Hall–Kier alpha value is -4.96. The van der Waals surface area contributed by atoms with E-state index in [0.717, 1.165) is 37.1 Å². The average Bonchev–Trinajstić information content (AvgIpc) is 3.21. The summed E-state index contributed by atoms with van der Waals surface area (Å²) in [4.78, 5) is 36.6. The van der Waals surface area contributed by atoms with Crippen LogP contribution in [0.25, 0.3) is 0 Å². The molecule has 0 amide bonds. The third-order valence-corrected chi connectivity index (χ3v) is 7.14. The Kier molecular flexibility index (Phi) is 27.6. The van der Waals surface area contributed by atoms with Crippen molar-refractivity contribution in [2.75, 3.05) is 36.9 Å². The zero-order chi connectivity index (χ0) is 45.9. The topological polar surface area (TPSA) is 454 Å². The second kappa shape index (κ2) is 30.1. The number of nitrogens with zero attached hydrogens (tertiary/aromatic N) is 4. The molecule has 0 unspecified atom stereocenters. The molecule has 0 fully saturated rings. The summed E-state index contributed by atoms with van der Waals surface area (Å²) in [5, 5.41) is 109. The molecular formula is C34H48Cl2N10O14. The van der Waals surface area contributed by atoms with E-state index in [1.807, 2.05) is 0 Å². The van der Waals surface area contributed by atoms with Crippen LogP contribution in [0.2, 0.25) is 10.0 Å². The van der Waals surface area contributed by atoms with E-state index in [1.165, 1.54) is 0 Å². The van der Waals surface area contributed by atoms with Gasteiger partial charge in [-0.15, -0.1) is 0 Å². The molecule has 22 N–H and O–H groups in total. The van der Waals surface area contributed by atoms with Crippen molar-refractivity contribution in [2.45, 2.75) is 37.9 Å². The number of guanidine groups is 4. The predicted octanol–water partition coefficient (Wildman–Crippen LogP) is -0.388. The highest BCUT2D eigenvalue weighted by Gasteiger charge is 2.38. The van der Waals surface area contributed by atoms with E-state index in [0.29, 0.717) is 23.1 Å². The number of benzene rings is 2. The average molecular weight is 892 g/mol. The van der Waals surface area contributed by atoms with E-state index in [4.69, 9.17) is 107 Å². The molecule has 2 atom stereocenters. The molecule has 2 aromatic rings. The fourth-order valence-electron chi connectivity index (χ4n) is 3.64. The Morgan fingerprint density at radius 2 is 0.850 bits per heavy atom. The fraction of sp³-hybridized carbons (Fsp3) is 0.294. The first-order valence-corrected chi connectivity index (χ1v) is 17.6. The monoisotopic (exact) mass is 890 g/mol. The first-order chi connectivity index (χ1) is 28.1. The van der Waals surface area contributed by atoms with Gasteiger partial charge in [0.15, 0.2) is 48.8 Å². The minimum Gasteiger partial charge on any atom is -0.479 e. The lowest BCUT2D eigenvalue weighted by atomic mass is 10.0. The van der Waals surface area contributed by atoms with E-state index in [-0.39, 0.29) is 23.8 Å². The molecule has 0 saturated heterocycles. The van der Waals surface area contributed by atoms with Gasteiger partial charge in [0.25, 0.3) is 0 Å². The van der Waals surface area contributed by atoms with Gasteiger partial charge in [-0.3, -0.25) is 9.98 Å². The number of carbonyl (C=O) groups is 2. The Bertz CT molecular complexity index is 1560. The van der Waals surface area contributed by atoms with Crippen molar-refractivity contribution >= 4 is 70.4 Å². The summed E-state index contributed by atoms with van der Waals surface area (Å²) in [6, 6.07) is 14.1. The van der Waals surface area contributed by atoms with Gasteiger partial charge < -0.3 is 94.8 Å². The maximum absolute atomic E-state index is 10.0. The summed E-state index contributed by atoms with van der Waals surface area (Å²) < 4.78 is 0. The molecule has 26 heteroatoms. The SMILES string of the molecule is NC(=NCCCCCCN=C(N)/N=C(\N)Nc1ccc(Cl)cc1)/N=C(\N)Nc1ccc(Cl)cc1.O=C(O)[C@H](O)[C](O)[C](O)[C](O)CO.O=C(O)[C@H](O)[C](O)[C](O)[C](O)CO. The molecule has 60 heavy (non-hydrogen) atoms. The van der Waals surface area contributed by atoms with Crippen molar-refractivity contribution in [3.8, 4) is 0 Å². The number of hydrogen-bond donors (Lipinski definition) is 18. The maximum atomic E-state index is 10.0. The number of carboxylic acids is 2. The second-order valence-corrected chi connectivity index (χ2v) is 12.2. The van der Waals surface area contributed by atoms with Gasteiger partial charge in [-0.2, -0.15) is 9.98 Å². The van der Waals surface area contributed by atoms with Crippen LogP contribution >= 0.6 is 23.2 Å². The molecule has 24 nitrogen and oxygen atoms in total. The molecule has 6 radical (unpaired) electrons. The summed E-state index contributed by atoms with van der Waals surface area (Å²) in [7, 11) is 0. The van der Waals surface area contributed by atoms with Crippen molar-refractivity contribution in [3.05, 3.63) is 95.2 Å². The number of anilines is 2. The Labute approximate surface area is 353 Å². The van der Waals surface area contributed by atoms with Crippen LogP contribution in [0.3, 0.4) is 0 Å². The van der Waals surface area contributed by atoms with Crippen LogP contribution < -0.4 is 33.6 Å². The number of aliphatic hydroxyl groups is 10. The van der Waals surface area contributed by atoms with E-state index in [2.05, 4.69) is 30.6 Å². The lowest BCUT2D eigenvalue weighted by Crippen LogP contribution is -2.34. The number of aliphatic carboxylic acids is 2. The van der Waals surface area contributed by atoms with E-state index >= 15 is 0 Å². The highest BCUT2D eigenvalue weighted by atomic mass is 35.5. The van der Waals surface area contributed by atoms with E-state index in [1.54, 1.807) is 48.5 Å². The number of aliphatic hydroxyl groups excluding tert-OH is 10. The molecule has 2 aromatic carbocycles. The Morgan fingerprint density at radius 3 is 1.12 bits per heavy atom. The van der Waals surface area contributed by atoms with Crippen molar-refractivity contribution in [1.82, 2.24) is 0 Å². The molecule has 0 aromatic heterocycles. The number of halogens is 2. The summed E-state index contributed by atoms with van der Waals surface area (Å²) >= 11 is 11.7. The third-order valence-electron chi connectivity index (χ3n) is 6.63. The molecule has 0 aliphatic rings. The van der Waals surface area contributed by atoms with E-state index in [9.17, 15) is 9.59 Å². The maximum Gasteiger partial charge on any atom is 0.335 e. The quantitative estimate of drug-likeness (QED) is 0.0485. The van der Waals surface area contributed by atoms with Crippen LogP contribution in [0, 0.1) is 36.6 Å². The molecule has 0 aliphatic heterocycles. The van der Waals surface area contributed by atoms with Crippen LogP contribution in [0.5, 0.6) is 0 Å². The van der Waals surface area contributed by atoms with Gasteiger partial charge in [0.2, 0.25) is 23.8 Å². The Morgan fingerprint density at radius 1 is 0.550 bits per heavy atom. The first kappa shape index (κ1) is 55.0. The zero-order valence-corrected chi connectivity index (χ0v) is 33.0. The fourth-order valence-corrected chi connectivity index (χ4v) is 3.89. The minimum absolute atomic E-state index is 0.124. The standard InChI is InChI=1S/C22H30Cl2N10.2C6H9O7/c23-15-5-9-17(10-6-15)31-21(27)33-19(25)29-13-3-1-2-4-14-30-20(26)34-22(28)32-18-11-7-16(24)8-12-18;2*7-1-2(8)3(9)4(10)5(11)6(12)13/h5-12H,1-4,13-14H2,(H5,25,27,29,31,33)(H5,26,28,30,32,34);2*5,7-11H,1H2,(H,12,13)/t;2*5-/m.11/s1. The lowest BCUT2D eigenvalue weighted by molar-refractivity contribution is -0.149. The molecule has 0 bridgehead atoms. The van der Waals surface area contributed by atoms with Crippen molar-refractivity contribution in [3.63, 3.8) is 0 Å². The number of nitrogens with two attached hydrogens (primary N) is 4. The summed E-state index contributed by atoms with van der Waals surface area (Å²) in [5.41, 5.74) is 24.8. The third kappa shape index (κ3) is 23.6. The lowest BCUT2D eigenvalue weighted by Gasteiger charge is -2.19. The van der Waals surface area contributed by atoms with Crippen molar-refractivity contribution in [1.29, 1.82) is 0 Å². The highest BCUT2D eigenvalue weighted by Crippen LogP contribution is 2.24. The second-order valence-electron chi connectivity index (χ2n) is 11.3. The van der Waals surface area contributed by atoms with Crippen LogP contribution in [0.1, 0.15) is 25.7 Å². The van der Waals surface area contributed by atoms with E-state index < -0.39 is 74.0 Å². The van der Waals surface area contributed by atoms with Crippen molar-refractivity contribution in [2.24, 2.45) is 42.9 Å². The summed E-state index contributed by atoms with van der Waals surface area (Å²) in [5.74, 6) is -3.03. The predicted molar refractivity (Wildman–Crippen MR) is 217 cm³/mol. The Balaban J connectivity index is 0.00000110. The summed E-state index contributed by atoms with van der Waals surface area (Å²) in [6.45, 7) is -0.844. The number of unbranched alkanes of at least 4 members (excludes halogenated alkanes) is 3. The molecule has 0 aliphatic carbocycles. The van der Waals surface area contributed by atoms with Gasteiger partial charge in [-0.25, -0.2) is 9.59 Å². The molecule has 332 valence electrons. The number of carboxylic acid groups (broad SMARTS) is 2. The van der Waals surface area contributed by atoms with Gasteiger partial charge in [0.1, 0.15) is 0 Å². The van der Waals surface area contributed by atoms with Crippen LogP contribution in [-0.4, -0.2) is 136 Å². The van der Waals surface area contributed by atoms with Crippen LogP contribution in [0.4, 0.5) is 11.4 Å². The molecular weight excluding hydrogens is 843 g/mol. The number of hydrogen-bond acceptors (Lipinski definition) is 14. The van der Waals surface area contributed by atoms with Crippen molar-refractivity contribution < 1.29 is 70.9 Å². The zero-order valence-electron chi connectivity index (χ0n) is 31.5. The highest BCUT2D eigenvalue weighted by molar-refractivity contribution is 6.31. The molecule has 0 heterocycles. The van der Waals surface area contributed by atoms with Crippen LogP contribution in [0.15, 0.2) is 68.5 Å².